The molecule has 1 aromatic rings. The molecule has 0 spiro atoms. The van der Waals surface area contributed by atoms with Crippen LogP contribution in [0.3, 0.4) is 0 Å². The molecule has 0 amide bonds. The first-order valence-electron chi connectivity index (χ1n) is 7.23. The molecule has 1 aromatic heterocycles. The average Bonchev–Trinajstić information content (AvgIpc) is 2.44. The zero-order valence-electron chi connectivity index (χ0n) is 12.5. The van der Waals surface area contributed by atoms with Crippen molar-refractivity contribution >= 4 is 5.78 Å². The quantitative estimate of drug-likeness (QED) is 0.626. The summed E-state index contributed by atoms with van der Waals surface area (Å²) in [5, 5.41) is 0. The summed E-state index contributed by atoms with van der Waals surface area (Å²) in [6, 6.07) is 0. The second kappa shape index (κ2) is 6.21. The number of rotatable bonds is 3. The monoisotopic (exact) mass is 272 g/mol. The Hall–Kier alpha value is -1.64. The fourth-order valence-corrected chi connectivity index (χ4v) is 2.71. The van der Waals surface area contributed by atoms with Gasteiger partial charge in [0.05, 0.1) is 5.56 Å². The summed E-state index contributed by atoms with van der Waals surface area (Å²) in [7, 11) is 1.68. The van der Waals surface area contributed by atoms with Crippen molar-refractivity contribution in [2.45, 2.75) is 39.5 Å². The van der Waals surface area contributed by atoms with Gasteiger partial charge < -0.3 is 4.57 Å². The van der Waals surface area contributed by atoms with Gasteiger partial charge in [0.2, 0.25) is 0 Å². The van der Waals surface area contributed by atoms with E-state index < -0.39 is 0 Å². The van der Waals surface area contributed by atoms with E-state index in [2.05, 4.69) is 6.42 Å². The second-order valence-corrected chi connectivity index (χ2v) is 5.64. The molecule has 20 heavy (non-hydrogen) atoms. The minimum Gasteiger partial charge on any atom is -0.318 e. The molecule has 1 saturated carbocycles. The summed E-state index contributed by atoms with van der Waals surface area (Å²) >= 11 is 0. The molecule has 1 heterocycles. The van der Waals surface area contributed by atoms with Crippen molar-refractivity contribution in [2.24, 2.45) is 13.0 Å². The second-order valence-electron chi connectivity index (χ2n) is 5.64. The number of carbonyl (C=O) groups excluding carboxylic acids is 1. The van der Waals surface area contributed by atoms with E-state index in [4.69, 9.17) is 0 Å². The summed E-state index contributed by atoms with van der Waals surface area (Å²) < 4.78 is 1.48. The number of pyridine rings is 1. The van der Waals surface area contributed by atoms with Crippen molar-refractivity contribution in [3.05, 3.63) is 51.8 Å². The largest absolute Gasteiger partial charge is 0.318 e. The maximum atomic E-state index is 12.3. The molecule has 0 saturated heterocycles. The van der Waals surface area contributed by atoms with Crippen LogP contribution in [0.15, 0.2) is 23.1 Å². The Morgan fingerprint density at radius 1 is 1.35 bits per heavy atom. The van der Waals surface area contributed by atoms with Gasteiger partial charge in [-0.3, -0.25) is 9.59 Å². The summed E-state index contributed by atoms with van der Waals surface area (Å²) in [6.45, 7) is 3.76. The molecule has 107 valence electrons. The number of hydrogen-bond acceptors (Lipinski definition) is 2. The van der Waals surface area contributed by atoms with Gasteiger partial charge in [0.25, 0.3) is 5.56 Å². The molecule has 1 aliphatic carbocycles. The fraction of sp³-hybridized carbons (Fsp3) is 0.471. The first-order chi connectivity index (χ1) is 9.50. The number of aromatic nitrogens is 1. The van der Waals surface area contributed by atoms with E-state index in [1.54, 1.807) is 19.3 Å². The van der Waals surface area contributed by atoms with Gasteiger partial charge in [-0.2, -0.15) is 0 Å². The minimum absolute atomic E-state index is 0.175. The Labute approximate surface area is 120 Å². The highest BCUT2D eigenvalue weighted by Crippen LogP contribution is 2.23. The maximum Gasteiger partial charge on any atom is 0.261 e. The van der Waals surface area contributed by atoms with Crippen molar-refractivity contribution in [3.63, 3.8) is 0 Å². The Kier molecular flexibility index (Phi) is 4.58. The summed E-state index contributed by atoms with van der Waals surface area (Å²) in [5.74, 6) is 0.201. The van der Waals surface area contributed by atoms with Crippen molar-refractivity contribution in [1.82, 2.24) is 4.57 Å². The average molecular weight is 272 g/mol. The van der Waals surface area contributed by atoms with E-state index in [0.717, 1.165) is 24.0 Å². The van der Waals surface area contributed by atoms with Crippen LogP contribution in [0.25, 0.3) is 0 Å². The lowest BCUT2D eigenvalue weighted by molar-refractivity contribution is 0.104. The molecule has 0 aromatic carbocycles. The zero-order chi connectivity index (χ0) is 14.7. The number of carbonyl (C=O) groups is 1. The highest BCUT2D eigenvalue weighted by atomic mass is 16.1. The Morgan fingerprint density at radius 3 is 2.75 bits per heavy atom. The topological polar surface area (TPSA) is 39.1 Å². The molecular weight excluding hydrogens is 250 g/mol. The third-order valence-corrected chi connectivity index (χ3v) is 4.09. The third-order valence-electron chi connectivity index (χ3n) is 4.09. The van der Waals surface area contributed by atoms with E-state index in [9.17, 15) is 9.59 Å². The molecular formula is C17H22NO2. The lowest BCUT2D eigenvalue weighted by atomic mass is 9.88. The smallest absolute Gasteiger partial charge is 0.261 e. The van der Waals surface area contributed by atoms with Crippen LogP contribution in [-0.4, -0.2) is 10.4 Å². The van der Waals surface area contributed by atoms with Crippen LogP contribution < -0.4 is 5.56 Å². The highest BCUT2D eigenvalue weighted by Gasteiger charge is 2.16. The summed E-state index contributed by atoms with van der Waals surface area (Å²) in [6.07, 6.45) is 12.2. The predicted octanol–water partition coefficient (Wildman–Crippen LogP) is 3.14. The lowest BCUT2D eigenvalue weighted by Crippen LogP contribution is -2.25. The molecule has 2 rings (SSSR count). The molecule has 0 aliphatic heterocycles. The first-order valence-corrected chi connectivity index (χ1v) is 7.23. The number of hydrogen-bond donors (Lipinski definition) is 0. The van der Waals surface area contributed by atoms with Crippen LogP contribution in [0, 0.1) is 26.2 Å². The zero-order valence-corrected chi connectivity index (χ0v) is 12.5. The molecule has 1 fully saturated rings. The van der Waals surface area contributed by atoms with Gasteiger partial charge >= 0.3 is 0 Å². The molecule has 3 heteroatoms. The summed E-state index contributed by atoms with van der Waals surface area (Å²) in [5.41, 5.74) is 1.85. The van der Waals surface area contributed by atoms with Gasteiger partial charge in [-0.25, -0.2) is 0 Å². The highest BCUT2D eigenvalue weighted by molar-refractivity contribution is 6.05. The Morgan fingerprint density at radius 2 is 2.10 bits per heavy atom. The standard InChI is InChI=1S/C17H22NO2/c1-12-11-18(3)17(20)16(13(12)2)15(19)10-9-14-7-5-4-6-8-14/h7,9-11,14H,4-6,8H2,1-3H3/b10-9+. The van der Waals surface area contributed by atoms with Gasteiger partial charge in [0.15, 0.2) is 5.78 Å². The van der Waals surface area contributed by atoms with E-state index in [1.165, 1.54) is 17.4 Å². The van der Waals surface area contributed by atoms with Gasteiger partial charge in [-0.1, -0.05) is 18.9 Å². The van der Waals surface area contributed by atoms with E-state index >= 15 is 0 Å². The Bertz CT molecular complexity index is 590. The van der Waals surface area contributed by atoms with Crippen LogP contribution in [-0.2, 0) is 7.05 Å². The number of nitrogens with zero attached hydrogens (tertiary/aromatic N) is 1. The molecule has 0 bridgehead atoms. The van der Waals surface area contributed by atoms with Crippen molar-refractivity contribution in [3.8, 4) is 0 Å². The number of ketones is 1. The first kappa shape index (κ1) is 14.8. The van der Waals surface area contributed by atoms with E-state index in [-0.39, 0.29) is 11.3 Å². The lowest BCUT2D eigenvalue weighted by Gasteiger charge is -2.17. The van der Waals surface area contributed by atoms with E-state index in [1.807, 2.05) is 19.9 Å². The Balaban J connectivity index is 2.25. The van der Waals surface area contributed by atoms with Crippen LogP contribution >= 0.6 is 0 Å². The molecule has 3 nitrogen and oxygen atoms in total. The van der Waals surface area contributed by atoms with Crippen molar-refractivity contribution in [2.75, 3.05) is 0 Å². The fourth-order valence-electron chi connectivity index (χ4n) is 2.71. The molecule has 1 aliphatic rings. The summed E-state index contributed by atoms with van der Waals surface area (Å²) in [4.78, 5) is 24.5. The normalized spacial score (nSPS) is 16.8. The van der Waals surface area contributed by atoms with Gasteiger partial charge in [-0.15, -0.1) is 0 Å². The molecule has 1 atom stereocenters. The van der Waals surface area contributed by atoms with Gasteiger partial charge in [-0.05, 0) is 56.2 Å². The molecule has 1 radical (unpaired) electrons. The van der Waals surface area contributed by atoms with Gasteiger partial charge in [0.1, 0.15) is 0 Å². The molecule has 0 N–H and O–H groups in total. The van der Waals surface area contributed by atoms with Crippen LogP contribution in [0.1, 0.15) is 47.2 Å². The number of allylic oxidation sites excluding steroid dienone is 2. The van der Waals surface area contributed by atoms with Crippen LogP contribution in [0.5, 0.6) is 0 Å². The van der Waals surface area contributed by atoms with Crippen LogP contribution in [0.4, 0.5) is 0 Å². The van der Waals surface area contributed by atoms with E-state index in [0.29, 0.717) is 11.5 Å². The van der Waals surface area contributed by atoms with Crippen molar-refractivity contribution in [1.29, 1.82) is 0 Å². The SMILES string of the molecule is Cc1cn(C)c(=O)c(C(=O)/C=C/C2[CH]CCCC2)c1C. The number of aryl methyl sites for hydroxylation is 2. The van der Waals surface area contributed by atoms with Gasteiger partial charge in [0, 0.05) is 13.2 Å². The third kappa shape index (κ3) is 3.09. The van der Waals surface area contributed by atoms with Crippen LogP contribution in [0.2, 0.25) is 0 Å². The minimum atomic E-state index is -0.213. The predicted molar refractivity (Wildman–Crippen MR) is 80.9 cm³/mol. The van der Waals surface area contributed by atoms with Crippen molar-refractivity contribution < 1.29 is 4.79 Å². The molecule has 1 unspecified atom stereocenters. The maximum absolute atomic E-state index is 12.3.